The fraction of sp³-hybridized carbons (Fsp3) is 1.00. The van der Waals surface area contributed by atoms with Crippen LogP contribution in [0.15, 0.2) is 0 Å². The molecule has 0 atom stereocenters. The van der Waals surface area contributed by atoms with Gasteiger partial charge in [-0.2, -0.15) is 0 Å². The van der Waals surface area contributed by atoms with E-state index in [-0.39, 0.29) is 6.15 Å². The zero-order valence-electron chi connectivity index (χ0n) is 7.03. The monoisotopic (exact) mass is 133 g/mol. The lowest BCUT2D eigenvalue weighted by Crippen LogP contribution is -2.14. The van der Waals surface area contributed by atoms with Gasteiger partial charge < -0.3 is 10.9 Å². The molecule has 0 fully saturated rings. The SMILES string of the molecule is CCOCC(C)(C)C.N. The molecule has 0 unspecified atom stereocenters. The molecule has 3 N–H and O–H groups in total. The molecule has 0 aliphatic carbocycles. The van der Waals surface area contributed by atoms with E-state index < -0.39 is 0 Å². The van der Waals surface area contributed by atoms with Crippen LogP contribution in [0.3, 0.4) is 0 Å². The average Bonchev–Trinajstić information content (AvgIpc) is 1.59. The van der Waals surface area contributed by atoms with Crippen LogP contribution in [-0.2, 0) is 4.74 Å². The van der Waals surface area contributed by atoms with Crippen molar-refractivity contribution in [3.05, 3.63) is 0 Å². The quantitative estimate of drug-likeness (QED) is 0.627. The number of hydrogen-bond acceptors (Lipinski definition) is 2. The molecule has 0 bridgehead atoms. The lowest BCUT2D eigenvalue weighted by atomic mass is 9.99. The highest BCUT2D eigenvalue weighted by atomic mass is 16.5. The molecule has 2 heteroatoms. The highest BCUT2D eigenvalue weighted by Gasteiger charge is 2.08. The summed E-state index contributed by atoms with van der Waals surface area (Å²) in [6.45, 7) is 10.2. The minimum absolute atomic E-state index is 0. The lowest BCUT2D eigenvalue weighted by Gasteiger charge is -2.16. The third kappa shape index (κ3) is 11.5. The van der Waals surface area contributed by atoms with Gasteiger partial charge in [-0.15, -0.1) is 0 Å². The van der Waals surface area contributed by atoms with Gasteiger partial charge in [0.15, 0.2) is 0 Å². The number of hydrogen-bond donors (Lipinski definition) is 1. The van der Waals surface area contributed by atoms with Crippen LogP contribution < -0.4 is 6.15 Å². The molecule has 2 nitrogen and oxygen atoms in total. The fourth-order valence-electron chi connectivity index (χ4n) is 0.408. The van der Waals surface area contributed by atoms with Gasteiger partial charge in [0.05, 0.1) is 6.61 Å². The van der Waals surface area contributed by atoms with Gasteiger partial charge in [0.1, 0.15) is 0 Å². The summed E-state index contributed by atoms with van der Waals surface area (Å²) in [4.78, 5) is 0. The van der Waals surface area contributed by atoms with E-state index in [9.17, 15) is 0 Å². The molecular weight excluding hydrogens is 114 g/mol. The van der Waals surface area contributed by atoms with E-state index in [2.05, 4.69) is 20.8 Å². The van der Waals surface area contributed by atoms with E-state index >= 15 is 0 Å². The highest BCUT2D eigenvalue weighted by molar-refractivity contribution is 4.57. The van der Waals surface area contributed by atoms with E-state index in [0.717, 1.165) is 13.2 Å². The van der Waals surface area contributed by atoms with Crippen LogP contribution in [0.4, 0.5) is 0 Å². The normalized spacial score (nSPS) is 10.7. The molecule has 0 aromatic heterocycles. The Morgan fingerprint density at radius 1 is 1.22 bits per heavy atom. The zero-order chi connectivity index (χ0) is 6.62. The first-order valence-corrected chi connectivity index (χ1v) is 3.14. The predicted octanol–water partition coefficient (Wildman–Crippen LogP) is 2.23. The molecule has 9 heavy (non-hydrogen) atoms. The van der Waals surface area contributed by atoms with Crippen molar-refractivity contribution in [3.8, 4) is 0 Å². The van der Waals surface area contributed by atoms with Gasteiger partial charge in [0, 0.05) is 6.61 Å². The van der Waals surface area contributed by atoms with Crippen molar-refractivity contribution in [2.24, 2.45) is 5.41 Å². The first kappa shape index (κ1) is 11.7. The summed E-state index contributed by atoms with van der Waals surface area (Å²) in [5, 5.41) is 0. The molecule has 0 aromatic carbocycles. The zero-order valence-corrected chi connectivity index (χ0v) is 7.03. The molecule has 0 heterocycles. The van der Waals surface area contributed by atoms with E-state index in [1.807, 2.05) is 6.92 Å². The van der Waals surface area contributed by atoms with Gasteiger partial charge in [-0.25, -0.2) is 0 Å². The van der Waals surface area contributed by atoms with E-state index in [1.165, 1.54) is 0 Å². The second-order valence-electron chi connectivity index (χ2n) is 3.20. The average molecular weight is 133 g/mol. The summed E-state index contributed by atoms with van der Waals surface area (Å²) in [7, 11) is 0. The fourth-order valence-corrected chi connectivity index (χ4v) is 0.408. The molecule has 0 aliphatic heterocycles. The van der Waals surface area contributed by atoms with E-state index in [1.54, 1.807) is 0 Å². The van der Waals surface area contributed by atoms with Crippen molar-refractivity contribution in [3.63, 3.8) is 0 Å². The van der Waals surface area contributed by atoms with Crippen molar-refractivity contribution in [2.45, 2.75) is 27.7 Å². The summed E-state index contributed by atoms with van der Waals surface area (Å²) >= 11 is 0. The van der Waals surface area contributed by atoms with Gasteiger partial charge in [0.25, 0.3) is 0 Å². The summed E-state index contributed by atoms with van der Waals surface area (Å²) in [5.74, 6) is 0. The summed E-state index contributed by atoms with van der Waals surface area (Å²) in [5.41, 5.74) is 0.329. The molecule has 58 valence electrons. The van der Waals surface area contributed by atoms with Gasteiger partial charge in [-0.3, -0.25) is 0 Å². The topological polar surface area (TPSA) is 44.2 Å². The maximum Gasteiger partial charge on any atom is 0.0514 e. The Hall–Kier alpha value is -0.0800. The van der Waals surface area contributed by atoms with Crippen LogP contribution in [0.2, 0.25) is 0 Å². The van der Waals surface area contributed by atoms with E-state index in [4.69, 9.17) is 4.74 Å². The van der Waals surface area contributed by atoms with Crippen LogP contribution >= 0.6 is 0 Å². The Labute approximate surface area is 58.2 Å². The van der Waals surface area contributed by atoms with Gasteiger partial charge in [-0.05, 0) is 12.3 Å². The summed E-state index contributed by atoms with van der Waals surface area (Å²) < 4.78 is 5.20. The van der Waals surface area contributed by atoms with Crippen LogP contribution in [0.5, 0.6) is 0 Å². The predicted molar refractivity (Wildman–Crippen MR) is 41.0 cm³/mol. The molecule has 0 saturated heterocycles. The molecular formula is C7H19NO. The maximum atomic E-state index is 5.20. The first-order chi connectivity index (χ1) is 3.56. The largest absolute Gasteiger partial charge is 0.381 e. The van der Waals surface area contributed by atoms with Gasteiger partial charge in [-0.1, -0.05) is 20.8 Å². The Kier molecular flexibility index (Phi) is 6.19. The molecule has 0 aromatic rings. The van der Waals surface area contributed by atoms with Crippen LogP contribution in [0, 0.1) is 5.41 Å². The maximum absolute atomic E-state index is 5.20. The molecule has 0 amide bonds. The third-order valence-corrected chi connectivity index (χ3v) is 0.739. The van der Waals surface area contributed by atoms with Crippen molar-refractivity contribution in [2.75, 3.05) is 13.2 Å². The van der Waals surface area contributed by atoms with Crippen LogP contribution in [0.25, 0.3) is 0 Å². The van der Waals surface area contributed by atoms with Crippen molar-refractivity contribution in [1.29, 1.82) is 0 Å². The molecule has 0 aliphatic rings. The Morgan fingerprint density at radius 3 is 1.78 bits per heavy atom. The van der Waals surface area contributed by atoms with Gasteiger partial charge >= 0.3 is 0 Å². The first-order valence-electron chi connectivity index (χ1n) is 3.14. The van der Waals surface area contributed by atoms with Crippen molar-refractivity contribution >= 4 is 0 Å². The highest BCUT2D eigenvalue weighted by Crippen LogP contribution is 2.12. The lowest BCUT2D eigenvalue weighted by molar-refractivity contribution is 0.0805. The molecule has 0 saturated carbocycles. The van der Waals surface area contributed by atoms with Crippen LogP contribution in [-0.4, -0.2) is 13.2 Å². The second-order valence-corrected chi connectivity index (χ2v) is 3.20. The third-order valence-electron chi connectivity index (χ3n) is 0.739. The summed E-state index contributed by atoms with van der Waals surface area (Å²) in [6, 6.07) is 0. The smallest absolute Gasteiger partial charge is 0.0514 e. The Bertz CT molecular complexity index is 56.4. The molecule has 0 radical (unpaired) electrons. The van der Waals surface area contributed by atoms with Crippen molar-refractivity contribution < 1.29 is 4.74 Å². The number of ether oxygens (including phenoxy) is 1. The van der Waals surface area contributed by atoms with Crippen LogP contribution in [0.1, 0.15) is 27.7 Å². The number of rotatable bonds is 2. The Balaban J connectivity index is 0. The minimum Gasteiger partial charge on any atom is -0.381 e. The standard InChI is InChI=1S/C7H16O.H3N/c1-5-8-6-7(2,3)4;/h5-6H2,1-4H3;1H3. The molecule has 0 spiro atoms. The Morgan fingerprint density at radius 2 is 1.67 bits per heavy atom. The minimum atomic E-state index is 0. The van der Waals surface area contributed by atoms with Crippen molar-refractivity contribution in [1.82, 2.24) is 6.15 Å². The molecule has 0 rings (SSSR count). The van der Waals surface area contributed by atoms with E-state index in [0.29, 0.717) is 5.41 Å². The second kappa shape index (κ2) is 4.77. The summed E-state index contributed by atoms with van der Waals surface area (Å²) in [6.07, 6.45) is 0. The van der Waals surface area contributed by atoms with Gasteiger partial charge in [0.2, 0.25) is 0 Å².